The number of hydrogen-bond acceptors (Lipinski definition) is 3. The van der Waals surface area contributed by atoms with Crippen LogP contribution in [0.25, 0.3) is 0 Å². The summed E-state index contributed by atoms with van der Waals surface area (Å²) in [7, 11) is 0. The van der Waals surface area contributed by atoms with Crippen LogP contribution >= 0.6 is 12.4 Å². The number of anilines is 1. The molecule has 0 bridgehead atoms. The molecular weight excluding hydrogens is 276 g/mol. The molecule has 1 fully saturated rings. The van der Waals surface area contributed by atoms with E-state index in [1.54, 1.807) is 0 Å². The first-order chi connectivity index (χ1) is 9.10. The fourth-order valence-electron chi connectivity index (χ4n) is 2.50. The van der Waals surface area contributed by atoms with Gasteiger partial charge in [0.1, 0.15) is 5.75 Å². The van der Waals surface area contributed by atoms with E-state index < -0.39 is 0 Å². The number of carbonyl (C=O) groups excluding carboxylic acids is 1. The van der Waals surface area contributed by atoms with E-state index in [1.165, 1.54) is 0 Å². The lowest BCUT2D eigenvalue weighted by Gasteiger charge is -2.15. The summed E-state index contributed by atoms with van der Waals surface area (Å²) in [5.41, 5.74) is 7.71. The average Bonchev–Trinajstić information content (AvgIpc) is 2.80. The predicted molar refractivity (Wildman–Crippen MR) is 83.5 cm³/mol. The Bertz CT molecular complexity index is 465. The maximum absolute atomic E-state index is 12.2. The first-order valence-electron chi connectivity index (χ1n) is 6.90. The topological polar surface area (TPSA) is 64.3 Å². The first kappa shape index (κ1) is 16.8. The zero-order valence-corrected chi connectivity index (χ0v) is 12.8. The van der Waals surface area contributed by atoms with Crippen molar-refractivity contribution in [3.05, 3.63) is 23.8 Å². The van der Waals surface area contributed by atoms with Crippen molar-refractivity contribution in [3.8, 4) is 5.75 Å². The third-order valence-corrected chi connectivity index (χ3v) is 3.54. The van der Waals surface area contributed by atoms with Crippen LogP contribution in [-0.2, 0) is 4.79 Å². The van der Waals surface area contributed by atoms with Gasteiger partial charge in [-0.1, -0.05) is 6.07 Å². The van der Waals surface area contributed by atoms with Gasteiger partial charge in [-0.05, 0) is 50.8 Å². The van der Waals surface area contributed by atoms with Crippen molar-refractivity contribution < 1.29 is 9.53 Å². The number of nitrogens with two attached hydrogens (primary N) is 1. The van der Waals surface area contributed by atoms with Gasteiger partial charge in [0.2, 0.25) is 5.91 Å². The lowest BCUT2D eigenvalue weighted by molar-refractivity contribution is -0.119. The summed E-state index contributed by atoms with van der Waals surface area (Å²) in [6, 6.07) is 5.98. The summed E-state index contributed by atoms with van der Waals surface area (Å²) in [6.07, 6.45) is 2.59. The van der Waals surface area contributed by atoms with Gasteiger partial charge in [-0.2, -0.15) is 0 Å². The number of halogens is 1. The van der Waals surface area contributed by atoms with Crippen molar-refractivity contribution in [1.82, 2.24) is 0 Å². The van der Waals surface area contributed by atoms with Crippen LogP contribution in [0.4, 0.5) is 5.69 Å². The number of carbonyl (C=O) groups is 1. The van der Waals surface area contributed by atoms with Gasteiger partial charge in [-0.3, -0.25) is 4.79 Å². The third-order valence-electron chi connectivity index (χ3n) is 3.54. The third kappa shape index (κ3) is 4.12. The Morgan fingerprint density at radius 2 is 2.20 bits per heavy atom. The van der Waals surface area contributed by atoms with Crippen LogP contribution in [0.5, 0.6) is 5.75 Å². The number of ether oxygens (including phenoxy) is 1. The lowest BCUT2D eigenvalue weighted by Crippen LogP contribution is -2.23. The number of nitrogens with one attached hydrogen (secondary N) is 1. The Balaban J connectivity index is 0.00000200. The quantitative estimate of drug-likeness (QED) is 0.898. The van der Waals surface area contributed by atoms with E-state index in [0.717, 1.165) is 36.3 Å². The van der Waals surface area contributed by atoms with Crippen molar-refractivity contribution in [1.29, 1.82) is 0 Å². The summed E-state index contributed by atoms with van der Waals surface area (Å²) in [5.74, 6) is 0.821. The second-order valence-electron chi connectivity index (χ2n) is 5.19. The summed E-state index contributed by atoms with van der Waals surface area (Å²) in [4.78, 5) is 12.2. The summed E-state index contributed by atoms with van der Waals surface area (Å²) >= 11 is 0. The van der Waals surface area contributed by atoms with Crippen LogP contribution in [0.15, 0.2) is 18.2 Å². The van der Waals surface area contributed by atoms with E-state index in [2.05, 4.69) is 5.32 Å². The minimum absolute atomic E-state index is 0. The summed E-state index contributed by atoms with van der Waals surface area (Å²) in [6.45, 7) is 4.52. The smallest absolute Gasteiger partial charge is 0.227 e. The predicted octanol–water partition coefficient (Wildman–Crippen LogP) is 2.88. The van der Waals surface area contributed by atoms with Crippen molar-refractivity contribution in [2.24, 2.45) is 11.7 Å². The number of rotatable bonds is 4. The highest BCUT2D eigenvalue weighted by Crippen LogP contribution is 2.29. The second-order valence-corrected chi connectivity index (χ2v) is 5.19. The molecule has 20 heavy (non-hydrogen) atoms. The van der Waals surface area contributed by atoms with Crippen LogP contribution in [0.2, 0.25) is 0 Å². The lowest BCUT2D eigenvalue weighted by atomic mass is 10.1. The van der Waals surface area contributed by atoms with Gasteiger partial charge in [0.25, 0.3) is 0 Å². The van der Waals surface area contributed by atoms with Gasteiger partial charge in [0, 0.05) is 12.0 Å². The molecule has 0 spiro atoms. The van der Waals surface area contributed by atoms with Gasteiger partial charge < -0.3 is 15.8 Å². The average molecular weight is 299 g/mol. The molecule has 1 aliphatic rings. The highest BCUT2D eigenvalue weighted by molar-refractivity contribution is 5.94. The molecular formula is C15H23ClN2O2. The highest BCUT2D eigenvalue weighted by atomic mass is 35.5. The molecule has 5 heteroatoms. The molecule has 0 radical (unpaired) electrons. The number of benzene rings is 1. The van der Waals surface area contributed by atoms with Crippen LogP contribution in [-0.4, -0.2) is 18.6 Å². The van der Waals surface area contributed by atoms with E-state index in [1.807, 2.05) is 32.0 Å². The molecule has 112 valence electrons. The molecule has 1 aliphatic carbocycles. The Morgan fingerprint density at radius 3 is 2.80 bits per heavy atom. The second kappa shape index (κ2) is 7.50. The molecule has 3 N–H and O–H groups in total. The molecule has 0 aromatic heterocycles. The summed E-state index contributed by atoms with van der Waals surface area (Å²) < 4.78 is 5.56. The van der Waals surface area contributed by atoms with Gasteiger partial charge in [0.15, 0.2) is 0 Å². The Morgan fingerprint density at radius 1 is 1.45 bits per heavy atom. The standard InChI is InChI=1S/C15H22N2O2.ClH/c1-3-19-14-8-10(2)4-7-13(14)17-15(18)11-5-6-12(16)9-11;/h4,7-8,11-12H,3,5-6,9,16H2,1-2H3,(H,17,18);1H. The molecule has 2 unspecified atom stereocenters. The van der Waals surface area contributed by atoms with E-state index >= 15 is 0 Å². The van der Waals surface area contributed by atoms with Crippen molar-refractivity contribution in [2.45, 2.75) is 39.2 Å². The highest BCUT2D eigenvalue weighted by Gasteiger charge is 2.28. The molecule has 1 amide bonds. The van der Waals surface area contributed by atoms with Crippen LogP contribution in [0, 0.1) is 12.8 Å². The van der Waals surface area contributed by atoms with Gasteiger partial charge in [0.05, 0.1) is 12.3 Å². The van der Waals surface area contributed by atoms with Crippen LogP contribution < -0.4 is 15.8 Å². The van der Waals surface area contributed by atoms with E-state index in [-0.39, 0.29) is 30.3 Å². The molecule has 2 rings (SSSR count). The Labute approximate surface area is 126 Å². The van der Waals surface area contributed by atoms with Gasteiger partial charge in [-0.25, -0.2) is 0 Å². The zero-order chi connectivity index (χ0) is 13.8. The van der Waals surface area contributed by atoms with E-state index in [4.69, 9.17) is 10.5 Å². The number of aryl methyl sites for hydroxylation is 1. The largest absolute Gasteiger partial charge is 0.492 e. The zero-order valence-electron chi connectivity index (χ0n) is 12.0. The number of amides is 1. The molecule has 1 aromatic rings. The fourth-order valence-corrected chi connectivity index (χ4v) is 2.50. The first-order valence-corrected chi connectivity index (χ1v) is 6.90. The van der Waals surface area contributed by atoms with E-state index in [9.17, 15) is 4.79 Å². The molecule has 0 heterocycles. The van der Waals surface area contributed by atoms with Crippen molar-refractivity contribution in [3.63, 3.8) is 0 Å². The van der Waals surface area contributed by atoms with E-state index in [0.29, 0.717) is 6.61 Å². The molecule has 4 nitrogen and oxygen atoms in total. The number of hydrogen-bond donors (Lipinski definition) is 2. The molecule has 1 saturated carbocycles. The molecule has 2 atom stereocenters. The van der Waals surface area contributed by atoms with Crippen LogP contribution in [0.3, 0.4) is 0 Å². The Hall–Kier alpha value is -1.26. The fraction of sp³-hybridized carbons (Fsp3) is 0.533. The summed E-state index contributed by atoms with van der Waals surface area (Å²) in [5, 5.41) is 2.97. The molecule has 1 aromatic carbocycles. The Kier molecular flexibility index (Phi) is 6.30. The maximum atomic E-state index is 12.2. The maximum Gasteiger partial charge on any atom is 0.227 e. The van der Waals surface area contributed by atoms with Crippen molar-refractivity contribution in [2.75, 3.05) is 11.9 Å². The monoisotopic (exact) mass is 298 g/mol. The van der Waals surface area contributed by atoms with Gasteiger partial charge in [-0.15, -0.1) is 12.4 Å². The van der Waals surface area contributed by atoms with Crippen LogP contribution in [0.1, 0.15) is 31.7 Å². The minimum atomic E-state index is 0. The molecule has 0 aliphatic heterocycles. The van der Waals surface area contributed by atoms with Crippen molar-refractivity contribution >= 4 is 24.0 Å². The van der Waals surface area contributed by atoms with Gasteiger partial charge >= 0.3 is 0 Å². The normalized spacial score (nSPS) is 21.1. The molecule has 0 saturated heterocycles. The minimum Gasteiger partial charge on any atom is -0.492 e. The SMILES string of the molecule is CCOc1cc(C)ccc1NC(=O)C1CCC(N)C1.Cl.